The molecule has 1 fully saturated rings. The van der Waals surface area contributed by atoms with Gasteiger partial charge in [-0.15, -0.1) is 5.10 Å². The molecule has 1 aliphatic rings. The Balaban J connectivity index is 2.04. The van der Waals surface area contributed by atoms with Crippen LogP contribution in [0.15, 0.2) is 4.79 Å². The molecule has 0 aliphatic carbocycles. The second-order valence-corrected chi connectivity index (χ2v) is 6.28. The summed E-state index contributed by atoms with van der Waals surface area (Å²) in [6.07, 6.45) is -1.82. The van der Waals surface area contributed by atoms with Gasteiger partial charge in [-0.05, 0) is 13.3 Å². The number of unbranched alkanes of at least 4 members (excludes halogenated alkanes) is 2. The number of aliphatic hydroxyl groups is 3. The number of aryl methyl sites for hydroxylation is 2. The van der Waals surface area contributed by atoms with Gasteiger partial charge in [-0.2, -0.15) is 5.10 Å². The van der Waals surface area contributed by atoms with Gasteiger partial charge in [0.1, 0.15) is 23.8 Å². The van der Waals surface area contributed by atoms with Crippen LogP contribution in [0.1, 0.15) is 38.1 Å². The molecule has 25 heavy (non-hydrogen) atoms. The molecule has 0 unspecified atom stereocenters. The molecule has 138 valence electrons. The molecule has 0 spiro atoms. The largest absolute Gasteiger partial charge is 0.394 e. The van der Waals surface area contributed by atoms with Crippen molar-refractivity contribution in [3.05, 3.63) is 16.0 Å². The van der Waals surface area contributed by atoms with Gasteiger partial charge in [-0.1, -0.05) is 25.0 Å². The molecular formula is C15H23N5O5. The lowest BCUT2D eigenvalue weighted by Gasteiger charge is -2.16. The average molecular weight is 353 g/mol. The molecule has 4 atom stereocenters. The predicted octanol–water partition coefficient (Wildman–Crippen LogP) is -0.902. The van der Waals surface area contributed by atoms with Crippen molar-refractivity contribution in [2.45, 2.75) is 64.2 Å². The molecule has 3 heterocycles. The lowest BCUT2D eigenvalue weighted by atomic mass is 10.1. The van der Waals surface area contributed by atoms with Crippen molar-refractivity contribution in [2.24, 2.45) is 0 Å². The summed E-state index contributed by atoms with van der Waals surface area (Å²) in [4.78, 5) is 12.8. The number of aliphatic hydroxyl groups excluding tert-OH is 3. The van der Waals surface area contributed by atoms with E-state index in [9.17, 15) is 20.1 Å². The fraction of sp³-hybridized carbons (Fsp3) is 0.733. The summed E-state index contributed by atoms with van der Waals surface area (Å²) in [6.45, 7) is 3.73. The first-order valence-electron chi connectivity index (χ1n) is 8.44. The lowest BCUT2D eigenvalue weighted by Crippen LogP contribution is -2.34. The van der Waals surface area contributed by atoms with Crippen molar-refractivity contribution in [2.75, 3.05) is 6.61 Å². The Morgan fingerprint density at radius 1 is 1.24 bits per heavy atom. The van der Waals surface area contributed by atoms with Gasteiger partial charge in [-0.3, -0.25) is 4.79 Å². The molecule has 0 aromatic carbocycles. The fourth-order valence-electron chi connectivity index (χ4n) is 3.04. The number of aromatic nitrogens is 5. The van der Waals surface area contributed by atoms with Crippen LogP contribution in [0.2, 0.25) is 0 Å². The van der Waals surface area contributed by atoms with Gasteiger partial charge < -0.3 is 20.1 Å². The minimum Gasteiger partial charge on any atom is -0.394 e. The zero-order chi connectivity index (χ0) is 18.1. The van der Waals surface area contributed by atoms with Crippen LogP contribution in [-0.4, -0.2) is 65.0 Å². The Morgan fingerprint density at radius 3 is 2.64 bits per heavy atom. The number of hydrogen-bond donors (Lipinski definition) is 3. The molecule has 0 saturated carbocycles. The first-order valence-corrected chi connectivity index (χ1v) is 8.44. The number of ether oxygens (including phenoxy) is 1. The zero-order valence-corrected chi connectivity index (χ0v) is 14.2. The summed E-state index contributed by atoms with van der Waals surface area (Å²) >= 11 is 0. The van der Waals surface area contributed by atoms with E-state index in [-0.39, 0.29) is 11.1 Å². The van der Waals surface area contributed by atoms with Crippen LogP contribution in [0.25, 0.3) is 11.0 Å². The van der Waals surface area contributed by atoms with Crippen molar-refractivity contribution < 1.29 is 20.1 Å². The van der Waals surface area contributed by atoms with Gasteiger partial charge in [0.25, 0.3) is 5.56 Å². The fourth-order valence-corrected chi connectivity index (χ4v) is 3.04. The number of hydrogen-bond acceptors (Lipinski definition) is 8. The molecule has 3 N–H and O–H groups in total. The summed E-state index contributed by atoms with van der Waals surface area (Å²) in [6, 6.07) is 0. The highest BCUT2D eigenvalue weighted by Gasteiger charge is 2.44. The lowest BCUT2D eigenvalue weighted by molar-refractivity contribution is -0.0566. The molecule has 0 amide bonds. The third-order valence-electron chi connectivity index (χ3n) is 4.48. The highest BCUT2D eigenvalue weighted by molar-refractivity contribution is 5.75. The standard InChI is InChI=1S/C15H23N5O5/c1-3-4-5-6-19-14(24)11-10(16-18-19)8(2)17-20(11)15-13(23)12(22)9(7-21)25-15/h9,12-13,15,21-23H,3-7H2,1-2H3/t9-,12-,13-,15-/m1/s1. The van der Waals surface area contributed by atoms with E-state index < -0.39 is 31.1 Å². The molecular weight excluding hydrogens is 330 g/mol. The van der Waals surface area contributed by atoms with Gasteiger partial charge in [-0.25, -0.2) is 9.36 Å². The first kappa shape index (κ1) is 17.9. The smallest absolute Gasteiger partial charge is 0.296 e. The topological polar surface area (TPSA) is 136 Å². The highest BCUT2D eigenvalue weighted by atomic mass is 16.6. The van der Waals surface area contributed by atoms with E-state index in [1.807, 2.05) is 0 Å². The van der Waals surface area contributed by atoms with Crippen molar-refractivity contribution in [3.63, 3.8) is 0 Å². The zero-order valence-electron chi connectivity index (χ0n) is 14.2. The van der Waals surface area contributed by atoms with Crippen molar-refractivity contribution in [1.82, 2.24) is 24.8 Å². The summed E-state index contributed by atoms with van der Waals surface area (Å²) in [5.41, 5.74) is 0.589. The summed E-state index contributed by atoms with van der Waals surface area (Å²) in [5, 5.41) is 41.7. The van der Waals surface area contributed by atoms with E-state index in [4.69, 9.17) is 4.74 Å². The number of nitrogens with zero attached hydrogens (tertiary/aromatic N) is 5. The quantitative estimate of drug-likeness (QED) is 0.569. The van der Waals surface area contributed by atoms with Crippen molar-refractivity contribution in [3.8, 4) is 0 Å². The predicted molar refractivity (Wildman–Crippen MR) is 86.9 cm³/mol. The van der Waals surface area contributed by atoms with Crippen LogP contribution >= 0.6 is 0 Å². The van der Waals surface area contributed by atoms with E-state index in [0.29, 0.717) is 17.8 Å². The second-order valence-electron chi connectivity index (χ2n) is 6.28. The Morgan fingerprint density at radius 2 is 2.00 bits per heavy atom. The average Bonchev–Trinajstić information content (AvgIpc) is 3.08. The Bertz CT molecular complexity index is 803. The molecule has 0 bridgehead atoms. The molecule has 2 aromatic rings. The van der Waals surface area contributed by atoms with Crippen LogP contribution in [-0.2, 0) is 11.3 Å². The third kappa shape index (κ3) is 3.06. The van der Waals surface area contributed by atoms with Crippen molar-refractivity contribution in [1.29, 1.82) is 0 Å². The van der Waals surface area contributed by atoms with E-state index in [1.54, 1.807) is 6.92 Å². The molecule has 10 heteroatoms. The maximum Gasteiger partial charge on any atom is 0.296 e. The normalized spacial score (nSPS) is 26.6. The summed E-state index contributed by atoms with van der Waals surface area (Å²) in [7, 11) is 0. The van der Waals surface area contributed by atoms with E-state index in [2.05, 4.69) is 22.3 Å². The molecule has 3 rings (SSSR count). The van der Waals surface area contributed by atoms with Crippen LogP contribution < -0.4 is 5.56 Å². The van der Waals surface area contributed by atoms with E-state index in [0.717, 1.165) is 19.3 Å². The summed E-state index contributed by atoms with van der Waals surface area (Å²) < 4.78 is 8.00. The van der Waals surface area contributed by atoms with Gasteiger partial charge >= 0.3 is 0 Å². The Hall–Kier alpha value is -1.88. The minimum absolute atomic E-state index is 0.166. The summed E-state index contributed by atoms with van der Waals surface area (Å²) in [5.74, 6) is 0. The van der Waals surface area contributed by atoms with Crippen LogP contribution in [0.4, 0.5) is 0 Å². The molecule has 1 aliphatic heterocycles. The van der Waals surface area contributed by atoms with Gasteiger partial charge in [0.2, 0.25) is 0 Å². The number of rotatable bonds is 6. The number of fused-ring (bicyclic) bond motifs is 1. The maximum absolute atomic E-state index is 12.8. The van der Waals surface area contributed by atoms with Gasteiger partial charge in [0.05, 0.1) is 12.3 Å². The third-order valence-corrected chi connectivity index (χ3v) is 4.48. The van der Waals surface area contributed by atoms with E-state index in [1.165, 1.54) is 9.36 Å². The maximum atomic E-state index is 12.8. The second kappa shape index (κ2) is 7.16. The van der Waals surface area contributed by atoms with Crippen molar-refractivity contribution >= 4 is 11.0 Å². The minimum atomic E-state index is -1.32. The SMILES string of the molecule is CCCCCn1nnc2c(C)nn([C@@H]3O[C@H](CO)[C@@H](O)[C@H]3O)c2c1=O. The monoisotopic (exact) mass is 353 g/mol. The van der Waals surface area contributed by atoms with Crippen LogP contribution in [0.5, 0.6) is 0 Å². The Kier molecular flexibility index (Phi) is 5.13. The first-order chi connectivity index (χ1) is 12.0. The van der Waals surface area contributed by atoms with E-state index >= 15 is 0 Å². The molecule has 10 nitrogen and oxygen atoms in total. The Labute approximate surface area is 143 Å². The molecule has 2 aromatic heterocycles. The van der Waals surface area contributed by atoms with Gasteiger partial charge in [0, 0.05) is 6.54 Å². The van der Waals surface area contributed by atoms with Crippen LogP contribution in [0, 0.1) is 6.92 Å². The van der Waals surface area contributed by atoms with Crippen LogP contribution in [0.3, 0.4) is 0 Å². The molecule has 0 radical (unpaired) electrons. The van der Waals surface area contributed by atoms with Gasteiger partial charge in [0.15, 0.2) is 11.7 Å². The highest BCUT2D eigenvalue weighted by Crippen LogP contribution is 2.30. The molecule has 1 saturated heterocycles.